The predicted octanol–water partition coefficient (Wildman–Crippen LogP) is 4.35. The van der Waals surface area contributed by atoms with Crippen LogP contribution in [0.4, 0.5) is 11.4 Å². The number of carbonyl (C=O) groups is 2. The molecule has 0 bridgehead atoms. The van der Waals surface area contributed by atoms with Crippen LogP contribution in [-0.2, 0) is 4.74 Å². The average Bonchev–Trinajstić information content (AvgIpc) is 3.21. The number of rotatable bonds is 6. The smallest absolute Gasteiger partial charge is 0.338 e. The van der Waals surface area contributed by atoms with E-state index in [4.69, 9.17) is 4.74 Å². The number of esters is 1. The van der Waals surface area contributed by atoms with Gasteiger partial charge in [0.05, 0.1) is 10.5 Å². The van der Waals surface area contributed by atoms with Crippen molar-refractivity contribution in [3.63, 3.8) is 0 Å². The van der Waals surface area contributed by atoms with Gasteiger partial charge in [-0.25, -0.2) is 4.79 Å². The number of anilines is 1. The fourth-order valence-corrected chi connectivity index (χ4v) is 3.91. The number of para-hydroxylation sites is 1. The molecule has 0 radical (unpaired) electrons. The van der Waals surface area contributed by atoms with E-state index < -0.39 is 17.5 Å². The second-order valence-corrected chi connectivity index (χ2v) is 7.88. The number of nitro groups is 1. The molecule has 8 heteroatoms. The van der Waals surface area contributed by atoms with Crippen LogP contribution in [-0.4, -0.2) is 41.4 Å². The minimum atomic E-state index is -0.768. The van der Waals surface area contributed by atoms with Crippen molar-refractivity contribution >= 4 is 34.0 Å². The molecule has 0 saturated carbocycles. The normalized spacial score (nSPS) is 14.5. The highest BCUT2D eigenvalue weighted by molar-refractivity contribution is 6.09. The number of benzene rings is 2. The third kappa shape index (κ3) is 4.28. The number of aromatic nitrogens is 1. The van der Waals surface area contributed by atoms with E-state index in [-0.39, 0.29) is 17.0 Å². The average molecular weight is 421 g/mol. The summed E-state index contributed by atoms with van der Waals surface area (Å²) in [5, 5.41) is 12.4. The second kappa shape index (κ2) is 8.59. The topological polar surface area (TPSA) is 106 Å². The number of nitrogens with zero attached hydrogens (tertiary/aromatic N) is 2. The lowest BCUT2D eigenvalue weighted by atomic mass is 9.98. The van der Waals surface area contributed by atoms with Gasteiger partial charge in [0.25, 0.3) is 5.69 Å². The lowest BCUT2D eigenvalue weighted by Crippen LogP contribution is -2.33. The number of carbonyl (C=O) groups excluding carboxylic acids is 2. The van der Waals surface area contributed by atoms with E-state index in [2.05, 4.69) is 11.9 Å². The van der Waals surface area contributed by atoms with Crippen LogP contribution in [0.3, 0.4) is 0 Å². The summed E-state index contributed by atoms with van der Waals surface area (Å²) in [6.07, 6.45) is 3.52. The van der Waals surface area contributed by atoms with Crippen LogP contribution in [0, 0.1) is 16.0 Å². The molecule has 2 aromatic carbocycles. The highest BCUT2D eigenvalue weighted by Crippen LogP contribution is 2.32. The Morgan fingerprint density at radius 1 is 1.19 bits per heavy atom. The Balaban J connectivity index is 1.47. The molecule has 31 heavy (non-hydrogen) atoms. The van der Waals surface area contributed by atoms with E-state index in [1.54, 1.807) is 12.3 Å². The van der Waals surface area contributed by atoms with Crippen molar-refractivity contribution in [3.8, 4) is 0 Å². The quantitative estimate of drug-likeness (QED) is 0.274. The minimum absolute atomic E-state index is 0.0487. The summed E-state index contributed by atoms with van der Waals surface area (Å²) in [5.74, 6) is -0.520. The summed E-state index contributed by atoms with van der Waals surface area (Å²) >= 11 is 0. The van der Waals surface area contributed by atoms with Gasteiger partial charge < -0.3 is 14.6 Å². The molecule has 0 atom stereocenters. The Morgan fingerprint density at radius 2 is 1.94 bits per heavy atom. The first-order valence-corrected chi connectivity index (χ1v) is 10.2. The summed E-state index contributed by atoms with van der Waals surface area (Å²) in [7, 11) is 0. The molecule has 4 rings (SSSR count). The van der Waals surface area contributed by atoms with Crippen molar-refractivity contribution < 1.29 is 19.2 Å². The van der Waals surface area contributed by atoms with Crippen molar-refractivity contribution in [2.45, 2.75) is 19.8 Å². The summed E-state index contributed by atoms with van der Waals surface area (Å²) in [6.45, 7) is 3.21. The first kappa shape index (κ1) is 20.6. The molecule has 0 aliphatic carbocycles. The molecule has 2 heterocycles. The van der Waals surface area contributed by atoms with Gasteiger partial charge in [-0.3, -0.25) is 14.9 Å². The molecule has 1 N–H and O–H groups in total. The van der Waals surface area contributed by atoms with Crippen molar-refractivity contribution in [1.82, 2.24) is 4.98 Å². The minimum Gasteiger partial charge on any atom is -0.454 e. The number of fused-ring (bicyclic) bond motifs is 1. The van der Waals surface area contributed by atoms with Gasteiger partial charge in [-0.2, -0.15) is 0 Å². The maximum absolute atomic E-state index is 12.5. The number of ketones is 1. The predicted molar refractivity (Wildman–Crippen MR) is 117 cm³/mol. The standard InChI is InChI=1S/C23H23N3O5/c1-15-8-10-25(11-9-15)20-7-6-16(12-21(20)26(29)30)23(28)31-14-22(27)18-13-24-19-5-3-2-4-17(18)19/h2-7,12-13,15,24H,8-11,14H2,1H3. The maximum Gasteiger partial charge on any atom is 0.338 e. The third-order valence-electron chi connectivity index (χ3n) is 5.76. The lowest BCUT2D eigenvalue weighted by Gasteiger charge is -2.31. The highest BCUT2D eigenvalue weighted by Gasteiger charge is 2.25. The highest BCUT2D eigenvalue weighted by atomic mass is 16.6. The number of ether oxygens (including phenoxy) is 1. The summed E-state index contributed by atoms with van der Waals surface area (Å²) < 4.78 is 5.16. The van der Waals surface area contributed by atoms with Crippen molar-refractivity contribution in [2.75, 3.05) is 24.6 Å². The third-order valence-corrected chi connectivity index (χ3v) is 5.76. The lowest BCUT2D eigenvalue weighted by molar-refractivity contribution is -0.384. The zero-order valence-electron chi connectivity index (χ0n) is 17.2. The van der Waals surface area contributed by atoms with Gasteiger partial charge in [-0.15, -0.1) is 0 Å². The first-order valence-electron chi connectivity index (χ1n) is 10.2. The van der Waals surface area contributed by atoms with E-state index in [0.29, 0.717) is 17.2 Å². The van der Waals surface area contributed by atoms with Gasteiger partial charge in [-0.05, 0) is 37.0 Å². The largest absolute Gasteiger partial charge is 0.454 e. The fourth-order valence-electron chi connectivity index (χ4n) is 3.91. The summed E-state index contributed by atoms with van der Waals surface area (Å²) in [5.41, 5.74) is 1.67. The number of piperidine rings is 1. The van der Waals surface area contributed by atoms with Crippen LogP contribution < -0.4 is 4.90 Å². The first-order chi connectivity index (χ1) is 14.9. The van der Waals surface area contributed by atoms with E-state index in [1.807, 2.05) is 29.2 Å². The molecule has 0 amide bonds. The van der Waals surface area contributed by atoms with Gasteiger partial charge in [0, 0.05) is 41.8 Å². The van der Waals surface area contributed by atoms with E-state index in [9.17, 15) is 19.7 Å². The number of Topliss-reactive ketones (excluding diaryl/α,β-unsaturated/α-hetero) is 1. The Morgan fingerprint density at radius 3 is 2.68 bits per heavy atom. The fraction of sp³-hybridized carbons (Fsp3) is 0.304. The van der Waals surface area contributed by atoms with Crippen LogP contribution in [0.1, 0.15) is 40.5 Å². The molecule has 1 aliphatic heterocycles. The molecular weight excluding hydrogens is 398 g/mol. The van der Waals surface area contributed by atoms with Crippen LogP contribution in [0.2, 0.25) is 0 Å². The van der Waals surface area contributed by atoms with Gasteiger partial charge in [0.15, 0.2) is 6.61 Å². The summed E-state index contributed by atoms with van der Waals surface area (Å²) in [4.78, 5) is 41.1. The van der Waals surface area contributed by atoms with Crippen LogP contribution in [0.25, 0.3) is 10.9 Å². The summed E-state index contributed by atoms with van der Waals surface area (Å²) in [6, 6.07) is 11.7. The number of aromatic amines is 1. The number of hydrogen-bond donors (Lipinski definition) is 1. The monoisotopic (exact) mass is 421 g/mol. The zero-order valence-corrected chi connectivity index (χ0v) is 17.2. The Labute approximate surface area is 179 Å². The second-order valence-electron chi connectivity index (χ2n) is 7.88. The maximum atomic E-state index is 12.5. The molecular formula is C23H23N3O5. The van der Waals surface area contributed by atoms with Gasteiger partial charge in [0.1, 0.15) is 5.69 Å². The number of nitro benzene ring substituents is 1. The SMILES string of the molecule is CC1CCN(c2ccc(C(=O)OCC(=O)c3c[nH]c4ccccc34)cc2[N+](=O)[O-])CC1. The van der Waals surface area contributed by atoms with Crippen LogP contribution in [0.15, 0.2) is 48.7 Å². The molecule has 1 aliphatic rings. The van der Waals surface area contributed by atoms with Crippen molar-refractivity contribution in [3.05, 3.63) is 69.9 Å². The Hall–Kier alpha value is -3.68. The Kier molecular flexibility index (Phi) is 5.70. The number of hydrogen-bond acceptors (Lipinski definition) is 6. The van der Waals surface area contributed by atoms with E-state index in [1.165, 1.54) is 12.1 Å². The van der Waals surface area contributed by atoms with Crippen molar-refractivity contribution in [2.24, 2.45) is 5.92 Å². The van der Waals surface area contributed by atoms with Gasteiger partial charge in [-0.1, -0.05) is 25.1 Å². The van der Waals surface area contributed by atoms with Crippen molar-refractivity contribution in [1.29, 1.82) is 0 Å². The molecule has 0 spiro atoms. The Bertz CT molecular complexity index is 1150. The molecule has 1 fully saturated rings. The molecule has 1 aromatic heterocycles. The molecule has 1 saturated heterocycles. The zero-order chi connectivity index (χ0) is 22.0. The van der Waals surface area contributed by atoms with Gasteiger partial charge >= 0.3 is 5.97 Å². The van der Waals surface area contributed by atoms with Gasteiger partial charge in [0.2, 0.25) is 5.78 Å². The van der Waals surface area contributed by atoms with E-state index >= 15 is 0 Å². The number of H-pyrrole nitrogens is 1. The molecule has 160 valence electrons. The van der Waals surface area contributed by atoms with Crippen LogP contribution >= 0.6 is 0 Å². The number of nitrogens with one attached hydrogen (secondary N) is 1. The molecule has 3 aromatic rings. The van der Waals surface area contributed by atoms with E-state index in [0.717, 1.165) is 36.8 Å². The molecule has 8 nitrogen and oxygen atoms in total. The van der Waals surface area contributed by atoms with Crippen LogP contribution in [0.5, 0.6) is 0 Å². The molecule has 0 unspecified atom stereocenters.